The fourth-order valence-electron chi connectivity index (χ4n) is 1.71. The molecule has 0 amide bonds. The number of hydrogen-bond acceptors (Lipinski definition) is 3. The number of nitrogens with zero attached hydrogens (tertiary/aromatic N) is 1. The van der Waals surface area contributed by atoms with Crippen LogP contribution >= 0.6 is 0 Å². The lowest BCUT2D eigenvalue weighted by Crippen LogP contribution is -2.36. The minimum atomic E-state index is -0.0325. The van der Waals surface area contributed by atoms with Gasteiger partial charge in [0, 0.05) is 7.05 Å². The third kappa shape index (κ3) is 1.96. The first-order valence-electron chi connectivity index (χ1n) is 5.19. The molecule has 0 saturated carbocycles. The van der Waals surface area contributed by atoms with E-state index in [1.54, 1.807) is 7.05 Å². The van der Waals surface area contributed by atoms with Crippen molar-refractivity contribution in [2.45, 2.75) is 19.4 Å². The Hall–Kier alpha value is -1.51. The Balaban J connectivity index is 2.18. The van der Waals surface area contributed by atoms with E-state index >= 15 is 0 Å². The first-order chi connectivity index (χ1) is 7.35. The lowest BCUT2D eigenvalue weighted by atomic mass is 10.1. The molecular weight excluding hydrogens is 190 g/mol. The molecule has 2 rings (SSSR count). The van der Waals surface area contributed by atoms with Crippen molar-refractivity contribution in [1.29, 1.82) is 0 Å². The molecule has 0 saturated heterocycles. The fourth-order valence-corrected chi connectivity index (χ4v) is 1.71. The van der Waals surface area contributed by atoms with E-state index < -0.39 is 0 Å². The lowest BCUT2D eigenvalue weighted by molar-refractivity contribution is 0.133. The number of rotatable bonds is 2. The van der Waals surface area contributed by atoms with Crippen LogP contribution < -0.4 is 9.47 Å². The van der Waals surface area contributed by atoms with Gasteiger partial charge in [-0.2, -0.15) is 0 Å². The van der Waals surface area contributed by atoms with Gasteiger partial charge >= 0.3 is 0 Å². The van der Waals surface area contributed by atoms with Crippen LogP contribution in [0.1, 0.15) is 13.3 Å². The van der Waals surface area contributed by atoms with Crippen molar-refractivity contribution in [2.75, 3.05) is 13.7 Å². The van der Waals surface area contributed by atoms with Gasteiger partial charge in [0.15, 0.2) is 17.6 Å². The van der Waals surface area contributed by atoms with Crippen molar-refractivity contribution in [1.82, 2.24) is 0 Å². The summed E-state index contributed by atoms with van der Waals surface area (Å²) < 4.78 is 11.4. The Bertz CT molecular complexity index is 374. The topological polar surface area (TPSA) is 30.8 Å². The van der Waals surface area contributed by atoms with E-state index in [9.17, 15) is 0 Å². The Labute approximate surface area is 89.7 Å². The highest BCUT2D eigenvalue weighted by Crippen LogP contribution is 2.31. The predicted octanol–water partition coefficient (Wildman–Crippen LogP) is 2.31. The molecule has 3 nitrogen and oxygen atoms in total. The average Bonchev–Trinajstić information content (AvgIpc) is 2.30. The summed E-state index contributed by atoms with van der Waals surface area (Å²) >= 11 is 0. The quantitative estimate of drug-likeness (QED) is 0.694. The van der Waals surface area contributed by atoms with Crippen LogP contribution in [0.15, 0.2) is 29.3 Å². The number of aliphatic imine (C=N–C) groups is 1. The Morgan fingerprint density at radius 1 is 1.40 bits per heavy atom. The Kier molecular flexibility index (Phi) is 2.90. The minimum absolute atomic E-state index is 0.0325. The predicted molar refractivity (Wildman–Crippen MR) is 60.0 cm³/mol. The third-order valence-corrected chi connectivity index (χ3v) is 2.53. The number of hydrogen-bond donors (Lipinski definition) is 0. The van der Waals surface area contributed by atoms with Crippen LogP contribution in [-0.2, 0) is 0 Å². The zero-order valence-electron chi connectivity index (χ0n) is 9.06. The van der Waals surface area contributed by atoms with Gasteiger partial charge in [0.25, 0.3) is 0 Å². The van der Waals surface area contributed by atoms with Crippen LogP contribution in [0.2, 0.25) is 0 Å². The van der Waals surface area contributed by atoms with Crippen molar-refractivity contribution in [2.24, 2.45) is 4.99 Å². The zero-order valence-corrected chi connectivity index (χ0v) is 9.06. The number of ether oxygens (including phenoxy) is 2. The second kappa shape index (κ2) is 4.34. The van der Waals surface area contributed by atoms with Crippen LogP contribution in [0.5, 0.6) is 11.5 Å². The van der Waals surface area contributed by atoms with Crippen molar-refractivity contribution in [3.8, 4) is 11.5 Å². The van der Waals surface area contributed by atoms with Gasteiger partial charge in [-0.05, 0) is 18.6 Å². The molecule has 0 fully saturated rings. The van der Waals surface area contributed by atoms with E-state index in [4.69, 9.17) is 9.47 Å². The van der Waals surface area contributed by atoms with Crippen molar-refractivity contribution in [3.63, 3.8) is 0 Å². The standard InChI is InChI=1S/C12H15NO2/c1-3-9(13-2)12-8-14-10-6-4-5-7-11(10)15-12/h4-7,12H,3,8H2,1-2H3. The maximum Gasteiger partial charge on any atom is 0.170 e. The van der Waals surface area contributed by atoms with E-state index in [-0.39, 0.29) is 6.10 Å². The highest BCUT2D eigenvalue weighted by atomic mass is 16.6. The molecule has 1 aliphatic heterocycles. The van der Waals surface area contributed by atoms with Gasteiger partial charge < -0.3 is 9.47 Å². The largest absolute Gasteiger partial charge is 0.485 e. The summed E-state index contributed by atoms with van der Waals surface area (Å²) in [5.41, 5.74) is 1.05. The molecule has 80 valence electrons. The summed E-state index contributed by atoms with van der Waals surface area (Å²) in [5, 5.41) is 0. The molecule has 0 bridgehead atoms. The van der Waals surface area contributed by atoms with Gasteiger partial charge in [-0.1, -0.05) is 19.1 Å². The third-order valence-electron chi connectivity index (χ3n) is 2.53. The molecule has 1 aromatic rings. The summed E-state index contributed by atoms with van der Waals surface area (Å²) in [6.45, 7) is 2.63. The summed E-state index contributed by atoms with van der Waals surface area (Å²) in [5.74, 6) is 1.63. The summed E-state index contributed by atoms with van der Waals surface area (Å²) in [4.78, 5) is 4.21. The molecule has 0 spiro atoms. The molecule has 1 heterocycles. The van der Waals surface area contributed by atoms with Gasteiger partial charge in [0.2, 0.25) is 0 Å². The molecule has 1 unspecified atom stereocenters. The number of para-hydroxylation sites is 2. The molecule has 1 aliphatic rings. The van der Waals surface area contributed by atoms with Crippen molar-refractivity contribution >= 4 is 5.71 Å². The van der Waals surface area contributed by atoms with E-state index in [0.29, 0.717) is 6.61 Å². The lowest BCUT2D eigenvalue weighted by Gasteiger charge is -2.26. The van der Waals surface area contributed by atoms with Crippen LogP contribution in [0, 0.1) is 0 Å². The Morgan fingerprint density at radius 3 is 2.80 bits per heavy atom. The molecule has 3 heteroatoms. The number of benzene rings is 1. The van der Waals surface area contributed by atoms with Crippen LogP contribution in [0.25, 0.3) is 0 Å². The molecule has 0 aromatic heterocycles. The van der Waals surface area contributed by atoms with E-state index in [2.05, 4.69) is 11.9 Å². The SMILES string of the molecule is CCC(=NC)C1COc2ccccc2O1. The van der Waals surface area contributed by atoms with Crippen LogP contribution in [-0.4, -0.2) is 25.5 Å². The van der Waals surface area contributed by atoms with Gasteiger partial charge in [-0.25, -0.2) is 0 Å². The minimum Gasteiger partial charge on any atom is -0.485 e. The van der Waals surface area contributed by atoms with E-state index in [1.165, 1.54) is 0 Å². The van der Waals surface area contributed by atoms with E-state index in [1.807, 2.05) is 24.3 Å². The molecule has 0 radical (unpaired) electrons. The van der Waals surface area contributed by atoms with Gasteiger partial charge in [0.1, 0.15) is 6.61 Å². The van der Waals surface area contributed by atoms with Gasteiger partial charge in [0.05, 0.1) is 5.71 Å². The average molecular weight is 205 g/mol. The van der Waals surface area contributed by atoms with Crippen LogP contribution in [0.3, 0.4) is 0 Å². The first kappa shape index (κ1) is 10.0. The summed E-state index contributed by atoms with van der Waals surface area (Å²) in [7, 11) is 1.79. The van der Waals surface area contributed by atoms with E-state index in [0.717, 1.165) is 23.6 Å². The monoisotopic (exact) mass is 205 g/mol. The first-order valence-corrected chi connectivity index (χ1v) is 5.19. The zero-order chi connectivity index (χ0) is 10.7. The summed E-state index contributed by atoms with van der Waals surface area (Å²) in [6.07, 6.45) is 0.863. The highest BCUT2D eigenvalue weighted by Gasteiger charge is 2.23. The maximum atomic E-state index is 5.82. The molecule has 15 heavy (non-hydrogen) atoms. The molecule has 0 N–H and O–H groups in total. The molecule has 0 aliphatic carbocycles. The molecule has 1 atom stereocenters. The van der Waals surface area contributed by atoms with Gasteiger partial charge in [-0.15, -0.1) is 0 Å². The normalized spacial score (nSPS) is 20.1. The molecule has 1 aromatic carbocycles. The fraction of sp³-hybridized carbons (Fsp3) is 0.417. The maximum absolute atomic E-state index is 5.82. The second-order valence-corrected chi connectivity index (χ2v) is 3.43. The molecular formula is C12H15NO2. The number of fused-ring (bicyclic) bond motifs is 1. The van der Waals surface area contributed by atoms with Gasteiger partial charge in [-0.3, -0.25) is 4.99 Å². The smallest absolute Gasteiger partial charge is 0.170 e. The van der Waals surface area contributed by atoms with Crippen molar-refractivity contribution in [3.05, 3.63) is 24.3 Å². The highest BCUT2D eigenvalue weighted by molar-refractivity contribution is 5.89. The summed E-state index contributed by atoms with van der Waals surface area (Å²) in [6, 6.07) is 7.72. The Morgan fingerprint density at radius 2 is 2.13 bits per heavy atom. The second-order valence-electron chi connectivity index (χ2n) is 3.43. The van der Waals surface area contributed by atoms with Crippen molar-refractivity contribution < 1.29 is 9.47 Å². The van der Waals surface area contributed by atoms with Crippen LogP contribution in [0.4, 0.5) is 0 Å².